The fraction of sp³-hybridized carbons (Fsp3) is 0.333. The second kappa shape index (κ2) is 5.89. The highest BCUT2D eigenvalue weighted by atomic mass is 16.2. The number of carbonyl (C=O) groups excluding carboxylic acids is 1. The molecule has 0 bridgehead atoms. The molecule has 1 aromatic carbocycles. The topological polar surface area (TPSA) is 45.2 Å². The number of pyridine rings is 1. The monoisotopic (exact) mass is 295 g/mol. The molecule has 114 valence electrons. The molecule has 1 N–H and O–H groups in total. The molecule has 1 saturated heterocycles. The molecule has 2 aromatic rings. The van der Waals surface area contributed by atoms with Crippen molar-refractivity contribution in [2.45, 2.75) is 32.0 Å². The van der Waals surface area contributed by atoms with Gasteiger partial charge >= 0.3 is 0 Å². The summed E-state index contributed by atoms with van der Waals surface area (Å²) >= 11 is 0. The van der Waals surface area contributed by atoms with Crippen molar-refractivity contribution >= 4 is 5.91 Å². The van der Waals surface area contributed by atoms with Crippen molar-refractivity contribution in [3.8, 4) is 0 Å². The van der Waals surface area contributed by atoms with Gasteiger partial charge in [0.05, 0.1) is 11.6 Å². The smallest absolute Gasteiger partial charge is 0.243 e. The number of hydrogen-bond acceptors (Lipinski definition) is 3. The molecule has 3 rings (SSSR count). The van der Waals surface area contributed by atoms with Crippen molar-refractivity contribution in [1.29, 1.82) is 0 Å². The average Bonchev–Trinajstić information content (AvgIpc) is 2.54. The van der Waals surface area contributed by atoms with Crippen LogP contribution in [-0.2, 0) is 11.3 Å². The average molecular weight is 295 g/mol. The minimum Gasteiger partial charge on any atom is -0.328 e. The van der Waals surface area contributed by atoms with Gasteiger partial charge in [-0.2, -0.15) is 0 Å². The van der Waals surface area contributed by atoms with Crippen LogP contribution in [0.5, 0.6) is 0 Å². The molecule has 0 aliphatic carbocycles. The van der Waals surface area contributed by atoms with Gasteiger partial charge in [-0.05, 0) is 37.1 Å². The summed E-state index contributed by atoms with van der Waals surface area (Å²) in [5.74, 6) is 0.129. The number of aromatic nitrogens is 1. The first-order chi connectivity index (χ1) is 10.6. The van der Waals surface area contributed by atoms with E-state index in [0.717, 1.165) is 17.7 Å². The molecule has 4 nitrogen and oxygen atoms in total. The van der Waals surface area contributed by atoms with Gasteiger partial charge in [-0.25, -0.2) is 0 Å². The van der Waals surface area contributed by atoms with Crippen LogP contribution in [0.3, 0.4) is 0 Å². The largest absolute Gasteiger partial charge is 0.328 e. The first-order valence-electron chi connectivity index (χ1n) is 7.58. The number of benzene rings is 1. The number of piperazine rings is 1. The Balaban J connectivity index is 1.92. The summed E-state index contributed by atoms with van der Waals surface area (Å²) < 4.78 is 0. The molecule has 1 aliphatic heterocycles. The highest BCUT2D eigenvalue weighted by Crippen LogP contribution is 2.29. The van der Waals surface area contributed by atoms with Gasteiger partial charge < -0.3 is 10.2 Å². The maximum Gasteiger partial charge on any atom is 0.243 e. The molecule has 1 aromatic heterocycles. The van der Waals surface area contributed by atoms with Crippen molar-refractivity contribution in [2.75, 3.05) is 6.54 Å². The Labute approximate surface area is 131 Å². The number of nitrogens with one attached hydrogen (secondary N) is 1. The zero-order valence-corrected chi connectivity index (χ0v) is 13.0. The molecule has 2 heterocycles. The van der Waals surface area contributed by atoms with Gasteiger partial charge in [0, 0.05) is 25.5 Å². The summed E-state index contributed by atoms with van der Waals surface area (Å²) in [4.78, 5) is 18.9. The zero-order chi connectivity index (χ0) is 15.6. The molecule has 22 heavy (non-hydrogen) atoms. The minimum atomic E-state index is -0.529. The first-order valence-corrected chi connectivity index (χ1v) is 7.58. The fourth-order valence-electron chi connectivity index (χ4n) is 2.88. The van der Waals surface area contributed by atoms with Crippen LogP contribution in [0.15, 0.2) is 54.9 Å². The Kier molecular flexibility index (Phi) is 3.94. The van der Waals surface area contributed by atoms with Gasteiger partial charge in [-0.15, -0.1) is 0 Å². The molecule has 0 radical (unpaired) electrons. The third kappa shape index (κ3) is 2.88. The predicted octanol–water partition coefficient (Wildman–Crippen LogP) is 2.53. The second-order valence-corrected chi connectivity index (χ2v) is 6.22. The van der Waals surface area contributed by atoms with E-state index in [0.29, 0.717) is 6.54 Å². The van der Waals surface area contributed by atoms with Crippen LogP contribution >= 0.6 is 0 Å². The van der Waals surface area contributed by atoms with Crippen LogP contribution in [0.2, 0.25) is 0 Å². The van der Waals surface area contributed by atoms with E-state index in [1.165, 1.54) is 0 Å². The van der Waals surface area contributed by atoms with Crippen LogP contribution in [0.25, 0.3) is 0 Å². The molecule has 0 spiro atoms. The Morgan fingerprint density at radius 1 is 1.18 bits per heavy atom. The lowest BCUT2D eigenvalue weighted by molar-refractivity contribution is -0.144. The highest BCUT2D eigenvalue weighted by Gasteiger charge is 2.40. The molecular weight excluding hydrogens is 274 g/mol. The van der Waals surface area contributed by atoms with Crippen molar-refractivity contribution in [3.63, 3.8) is 0 Å². The minimum absolute atomic E-state index is 0.0508. The fourth-order valence-corrected chi connectivity index (χ4v) is 2.88. The Morgan fingerprint density at radius 3 is 2.55 bits per heavy atom. The van der Waals surface area contributed by atoms with Crippen LogP contribution in [0, 0.1) is 0 Å². The van der Waals surface area contributed by atoms with Crippen LogP contribution in [0.1, 0.15) is 31.0 Å². The van der Waals surface area contributed by atoms with Gasteiger partial charge in [0.15, 0.2) is 0 Å². The van der Waals surface area contributed by atoms with E-state index >= 15 is 0 Å². The first kappa shape index (κ1) is 14.7. The van der Waals surface area contributed by atoms with Crippen LogP contribution < -0.4 is 5.32 Å². The standard InChI is InChI=1S/C18H21N3O/c1-18(2)17(22)21(13-14-8-10-19-11-9-14)16(12-20-18)15-6-4-3-5-7-15/h3-11,16,20H,12-13H2,1-2H3. The lowest BCUT2D eigenvalue weighted by Gasteiger charge is -2.44. The van der Waals surface area contributed by atoms with Crippen molar-refractivity contribution in [1.82, 2.24) is 15.2 Å². The van der Waals surface area contributed by atoms with Gasteiger partial charge in [-0.3, -0.25) is 9.78 Å². The number of carbonyl (C=O) groups is 1. The third-order valence-electron chi connectivity index (χ3n) is 4.20. The van der Waals surface area contributed by atoms with Gasteiger partial charge in [0.2, 0.25) is 5.91 Å². The summed E-state index contributed by atoms with van der Waals surface area (Å²) in [6.45, 7) is 5.24. The third-order valence-corrected chi connectivity index (χ3v) is 4.20. The second-order valence-electron chi connectivity index (χ2n) is 6.22. The van der Waals surface area contributed by atoms with E-state index in [1.807, 2.05) is 49.1 Å². The van der Waals surface area contributed by atoms with E-state index in [4.69, 9.17) is 0 Å². The summed E-state index contributed by atoms with van der Waals surface area (Å²) in [5.41, 5.74) is 1.73. The number of rotatable bonds is 3. The lowest BCUT2D eigenvalue weighted by Crippen LogP contribution is -2.61. The van der Waals surface area contributed by atoms with E-state index < -0.39 is 5.54 Å². The number of nitrogens with zero attached hydrogens (tertiary/aromatic N) is 2. The van der Waals surface area contributed by atoms with Crippen molar-refractivity contribution in [2.24, 2.45) is 0 Å². The molecule has 1 fully saturated rings. The Bertz CT molecular complexity index is 640. The maximum absolute atomic E-state index is 12.9. The molecule has 1 unspecified atom stereocenters. The van der Waals surface area contributed by atoms with Gasteiger partial charge in [0.25, 0.3) is 0 Å². The Morgan fingerprint density at radius 2 is 1.86 bits per heavy atom. The molecule has 1 amide bonds. The van der Waals surface area contributed by atoms with Crippen molar-refractivity contribution < 1.29 is 4.79 Å². The predicted molar refractivity (Wildman–Crippen MR) is 86.1 cm³/mol. The number of amides is 1. The van der Waals surface area contributed by atoms with Gasteiger partial charge in [0.1, 0.15) is 0 Å². The molecule has 4 heteroatoms. The van der Waals surface area contributed by atoms with Crippen LogP contribution in [-0.4, -0.2) is 27.9 Å². The molecular formula is C18H21N3O. The number of hydrogen-bond donors (Lipinski definition) is 1. The summed E-state index contributed by atoms with van der Waals surface area (Å²) in [5, 5.41) is 3.37. The van der Waals surface area contributed by atoms with E-state index in [9.17, 15) is 4.79 Å². The van der Waals surface area contributed by atoms with E-state index in [2.05, 4.69) is 22.4 Å². The SMILES string of the molecule is CC1(C)NCC(c2ccccc2)N(Cc2ccncc2)C1=O. The lowest BCUT2D eigenvalue weighted by atomic mass is 9.93. The summed E-state index contributed by atoms with van der Waals surface area (Å²) in [7, 11) is 0. The van der Waals surface area contributed by atoms with E-state index in [-0.39, 0.29) is 11.9 Å². The van der Waals surface area contributed by atoms with Crippen LogP contribution in [0.4, 0.5) is 0 Å². The quantitative estimate of drug-likeness (QED) is 0.946. The summed E-state index contributed by atoms with van der Waals surface area (Å²) in [6, 6.07) is 14.2. The molecule has 1 aliphatic rings. The van der Waals surface area contributed by atoms with Gasteiger partial charge in [-0.1, -0.05) is 30.3 Å². The maximum atomic E-state index is 12.9. The highest BCUT2D eigenvalue weighted by molar-refractivity contribution is 5.86. The van der Waals surface area contributed by atoms with E-state index in [1.54, 1.807) is 12.4 Å². The Hall–Kier alpha value is -2.20. The molecule has 1 atom stereocenters. The zero-order valence-electron chi connectivity index (χ0n) is 13.0. The van der Waals surface area contributed by atoms with Crippen molar-refractivity contribution in [3.05, 3.63) is 66.0 Å². The normalized spacial score (nSPS) is 20.9. The molecule has 0 saturated carbocycles. The summed E-state index contributed by atoms with van der Waals surface area (Å²) in [6.07, 6.45) is 3.54.